The fourth-order valence-corrected chi connectivity index (χ4v) is 2.89. The number of para-hydroxylation sites is 1. The lowest BCUT2D eigenvalue weighted by Gasteiger charge is -2.24. The van der Waals surface area contributed by atoms with Crippen molar-refractivity contribution in [2.24, 2.45) is 0 Å². The Bertz CT molecular complexity index is 754. The first kappa shape index (κ1) is 16.4. The molecule has 0 aromatic heterocycles. The van der Waals surface area contributed by atoms with Gasteiger partial charge in [0.15, 0.2) is 0 Å². The molecule has 2 nitrogen and oxygen atoms in total. The Morgan fingerprint density at radius 1 is 0.792 bits per heavy atom. The Morgan fingerprint density at radius 3 is 2.33 bits per heavy atom. The Labute approximate surface area is 144 Å². The molecule has 0 unspecified atom stereocenters. The van der Waals surface area contributed by atoms with E-state index in [0.717, 1.165) is 18.8 Å². The van der Waals surface area contributed by atoms with E-state index in [1.165, 1.54) is 29.3 Å². The summed E-state index contributed by atoms with van der Waals surface area (Å²) in [5.41, 5.74) is 1.27. The summed E-state index contributed by atoms with van der Waals surface area (Å²) in [6.07, 6.45) is 2.40. The van der Waals surface area contributed by atoms with Crippen LogP contribution in [-0.4, -0.2) is 19.7 Å². The summed E-state index contributed by atoms with van der Waals surface area (Å²) in [5.74, 6) is 0.942. The van der Waals surface area contributed by atoms with Crippen LogP contribution < -0.4 is 9.64 Å². The van der Waals surface area contributed by atoms with Gasteiger partial charge in [0.25, 0.3) is 0 Å². The summed E-state index contributed by atoms with van der Waals surface area (Å²) >= 11 is 0. The van der Waals surface area contributed by atoms with E-state index in [2.05, 4.69) is 84.6 Å². The van der Waals surface area contributed by atoms with Crippen molar-refractivity contribution in [1.82, 2.24) is 0 Å². The smallest absolute Gasteiger partial charge is 0.120 e. The second-order valence-corrected chi connectivity index (χ2v) is 6.03. The Kier molecular flexibility index (Phi) is 5.73. The van der Waals surface area contributed by atoms with Gasteiger partial charge >= 0.3 is 0 Å². The predicted octanol–water partition coefficient (Wildman–Crippen LogP) is 5.53. The van der Waals surface area contributed by atoms with Crippen molar-refractivity contribution < 1.29 is 4.74 Å². The monoisotopic (exact) mass is 319 g/mol. The van der Waals surface area contributed by atoms with E-state index in [9.17, 15) is 0 Å². The van der Waals surface area contributed by atoms with Crippen molar-refractivity contribution in [2.45, 2.75) is 19.8 Å². The van der Waals surface area contributed by atoms with Gasteiger partial charge in [-0.3, -0.25) is 0 Å². The third-order valence-corrected chi connectivity index (χ3v) is 4.25. The molecule has 3 aromatic carbocycles. The van der Waals surface area contributed by atoms with Crippen molar-refractivity contribution in [3.05, 3.63) is 72.8 Å². The molecule has 3 rings (SSSR count). The zero-order chi connectivity index (χ0) is 16.6. The van der Waals surface area contributed by atoms with E-state index >= 15 is 0 Å². The molecule has 0 spiro atoms. The van der Waals surface area contributed by atoms with E-state index < -0.39 is 0 Å². The van der Waals surface area contributed by atoms with Crippen LogP contribution >= 0.6 is 0 Å². The molecule has 0 N–H and O–H groups in total. The highest BCUT2D eigenvalue weighted by Gasteiger charge is 2.06. The third-order valence-electron chi connectivity index (χ3n) is 4.25. The maximum absolute atomic E-state index is 6.00. The molecule has 3 aromatic rings. The van der Waals surface area contributed by atoms with Gasteiger partial charge in [-0.25, -0.2) is 0 Å². The molecule has 0 radical (unpaired) electrons. The highest BCUT2D eigenvalue weighted by molar-refractivity contribution is 5.83. The summed E-state index contributed by atoms with van der Waals surface area (Å²) in [7, 11) is 0. The molecule has 0 heterocycles. The molecule has 0 aliphatic heterocycles. The van der Waals surface area contributed by atoms with E-state index in [1.807, 2.05) is 0 Å². The standard InChI is InChI=1S/C22H25NO/c1-2-3-15-23(21-11-5-4-6-12-21)16-17-24-22-14-13-19-9-7-8-10-20(19)18-22/h4-14,18H,2-3,15-17H2,1H3. The molecule has 24 heavy (non-hydrogen) atoms. The van der Waals surface area contributed by atoms with Gasteiger partial charge in [0.1, 0.15) is 12.4 Å². The molecule has 0 aliphatic rings. The molecule has 2 heteroatoms. The lowest BCUT2D eigenvalue weighted by atomic mass is 10.1. The Hall–Kier alpha value is -2.48. The lowest BCUT2D eigenvalue weighted by Crippen LogP contribution is -2.29. The number of unbranched alkanes of at least 4 members (excludes halogenated alkanes) is 1. The Balaban J connectivity index is 1.61. The van der Waals surface area contributed by atoms with Crippen LogP contribution in [0.3, 0.4) is 0 Å². The van der Waals surface area contributed by atoms with E-state index in [4.69, 9.17) is 4.74 Å². The molecular formula is C22H25NO. The highest BCUT2D eigenvalue weighted by atomic mass is 16.5. The van der Waals surface area contributed by atoms with E-state index in [-0.39, 0.29) is 0 Å². The van der Waals surface area contributed by atoms with Crippen LogP contribution in [0, 0.1) is 0 Å². The van der Waals surface area contributed by atoms with E-state index in [1.54, 1.807) is 0 Å². The van der Waals surface area contributed by atoms with Crippen LogP contribution in [0.4, 0.5) is 5.69 Å². The van der Waals surface area contributed by atoms with Gasteiger partial charge in [-0.05, 0) is 41.5 Å². The van der Waals surface area contributed by atoms with Gasteiger partial charge < -0.3 is 9.64 Å². The second kappa shape index (κ2) is 8.39. The first-order valence-electron chi connectivity index (χ1n) is 8.78. The predicted molar refractivity (Wildman–Crippen MR) is 103 cm³/mol. The van der Waals surface area contributed by atoms with Crippen molar-refractivity contribution in [1.29, 1.82) is 0 Å². The first-order chi connectivity index (χ1) is 11.9. The van der Waals surface area contributed by atoms with Crippen LogP contribution in [0.1, 0.15) is 19.8 Å². The van der Waals surface area contributed by atoms with E-state index in [0.29, 0.717) is 6.61 Å². The van der Waals surface area contributed by atoms with Crippen molar-refractivity contribution in [2.75, 3.05) is 24.6 Å². The quantitative estimate of drug-likeness (QED) is 0.541. The molecule has 0 fully saturated rings. The number of ether oxygens (including phenoxy) is 1. The van der Waals surface area contributed by atoms with Crippen molar-refractivity contribution >= 4 is 16.5 Å². The number of nitrogens with zero attached hydrogens (tertiary/aromatic N) is 1. The average Bonchev–Trinajstić information content (AvgIpc) is 2.65. The molecule has 0 atom stereocenters. The topological polar surface area (TPSA) is 12.5 Å². The summed E-state index contributed by atoms with van der Waals surface area (Å²) in [6.45, 7) is 4.89. The molecule has 0 aliphatic carbocycles. The zero-order valence-electron chi connectivity index (χ0n) is 14.3. The average molecular weight is 319 g/mol. The second-order valence-electron chi connectivity index (χ2n) is 6.03. The number of hydrogen-bond donors (Lipinski definition) is 0. The molecule has 0 amide bonds. The number of hydrogen-bond acceptors (Lipinski definition) is 2. The summed E-state index contributed by atoms with van der Waals surface area (Å²) < 4.78 is 6.00. The SMILES string of the molecule is CCCCN(CCOc1ccc2ccccc2c1)c1ccccc1. The van der Waals surface area contributed by atoms with Crippen LogP contribution in [0.15, 0.2) is 72.8 Å². The molecule has 124 valence electrons. The van der Waals surface area contributed by atoms with Gasteiger partial charge in [0.2, 0.25) is 0 Å². The molecule has 0 saturated heterocycles. The lowest BCUT2D eigenvalue weighted by molar-refractivity contribution is 0.324. The summed E-state index contributed by atoms with van der Waals surface area (Å²) in [4.78, 5) is 2.41. The molecular weight excluding hydrogens is 294 g/mol. The van der Waals surface area contributed by atoms with Crippen molar-refractivity contribution in [3.8, 4) is 5.75 Å². The number of fused-ring (bicyclic) bond motifs is 1. The van der Waals surface area contributed by atoms with Crippen LogP contribution in [0.2, 0.25) is 0 Å². The molecule has 0 bridgehead atoms. The zero-order valence-corrected chi connectivity index (χ0v) is 14.3. The fourth-order valence-electron chi connectivity index (χ4n) is 2.89. The number of rotatable bonds is 8. The minimum Gasteiger partial charge on any atom is -0.492 e. The van der Waals surface area contributed by atoms with Crippen LogP contribution in [0.5, 0.6) is 5.75 Å². The summed E-state index contributed by atoms with van der Waals surface area (Å²) in [6, 6.07) is 25.3. The maximum Gasteiger partial charge on any atom is 0.120 e. The van der Waals surface area contributed by atoms with Crippen LogP contribution in [0.25, 0.3) is 10.8 Å². The Morgan fingerprint density at radius 2 is 1.54 bits per heavy atom. The first-order valence-corrected chi connectivity index (χ1v) is 8.78. The maximum atomic E-state index is 6.00. The van der Waals surface area contributed by atoms with Gasteiger partial charge in [-0.1, -0.05) is 61.9 Å². The van der Waals surface area contributed by atoms with Gasteiger partial charge in [-0.15, -0.1) is 0 Å². The van der Waals surface area contributed by atoms with Crippen molar-refractivity contribution in [3.63, 3.8) is 0 Å². The van der Waals surface area contributed by atoms with Gasteiger partial charge in [-0.2, -0.15) is 0 Å². The number of benzene rings is 3. The summed E-state index contributed by atoms with van der Waals surface area (Å²) in [5, 5.41) is 2.47. The molecule has 0 saturated carbocycles. The minimum absolute atomic E-state index is 0.691. The normalized spacial score (nSPS) is 10.7. The fraction of sp³-hybridized carbons (Fsp3) is 0.273. The van der Waals surface area contributed by atoms with Gasteiger partial charge in [0.05, 0.1) is 6.54 Å². The third kappa shape index (κ3) is 4.29. The largest absolute Gasteiger partial charge is 0.492 e. The number of anilines is 1. The van der Waals surface area contributed by atoms with Gasteiger partial charge in [0, 0.05) is 12.2 Å². The highest BCUT2D eigenvalue weighted by Crippen LogP contribution is 2.21. The van der Waals surface area contributed by atoms with Crippen LogP contribution in [-0.2, 0) is 0 Å². The minimum atomic E-state index is 0.691.